The molecule has 0 radical (unpaired) electrons. The van der Waals surface area contributed by atoms with Gasteiger partial charge in [-0.05, 0) is 32.4 Å². The van der Waals surface area contributed by atoms with E-state index in [-0.39, 0.29) is 10.9 Å². The molecule has 0 spiro atoms. The lowest BCUT2D eigenvalue weighted by Crippen LogP contribution is -2.46. The lowest BCUT2D eigenvalue weighted by molar-refractivity contribution is 0.216. The Labute approximate surface area is 224 Å². The summed E-state index contributed by atoms with van der Waals surface area (Å²) in [6.45, 7) is 4.64. The van der Waals surface area contributed by atoms with Crippen LogP contribution in [0.15, 0.2) is 41.7 Å². The highest BCUT2D eigenvalue weighted by Gasteiger charge is 2.30. The Hall–Kier alpha value is -3.08. The molecule has 0 amide bonds. The topological polar surface area (TPSA) is 110 Å². The smallest absolute Gasteiger partial charge is 0.179 e. The summed E-state index contributed by atoms with van der Waals surface area (Å²) in [5.41, 5.74) is 2.39. The summed E-state index contributed by atoms with van der Waals surface area (Å²) in [4.78, 5) is 10.7. The van der Waals surface area contributed by atoms with Crippen molar-refractivity contribution in [2.45, 2.75) is 37.3 Å². The zero-order valence-corrected chi connectivity index (χ0v) is 22.9. The molecule has 1 aliphatic heterocycles. The molecule has 1 aliphatic rings. The Morgan fingerprint density at radius 1 is 1.14 bits per heavy atom. The van der Waals surface area contributed by atoms with E-state index in [1.165, 1.54) is 18.6 Å². The van der Waals surface area contributed by atoms with Gasteiger partial charge < -0.3 is 14.4 Å². The average Bonchev–Trinajstić information content (AvgIpc) is 3.24. The highest BCUT2D eigenvalue weighted by molar-refractivity contribution is 7.90. The van der Waals surface area contributed by atoms with Gasteiger partial charge >= 0.3 is 0 Å². The number of pyridine rings is 2. The van der Waals surface area contributed by atoms with Crippen LogP contribution in [0.3, 0.4) is 0 Å². The van der Waals surface area contributed by atoms with Crippen LogP contribution >= 0.6 is 23.2 Å². The maximum Gasteiger partial charge on any atom is 0.179 e. The van der Waals surface area contributed by atoms with Crippen LogP contribution in [-0.4, -0.2) is 54.5 Å². The first-order valence-corrected chi connectivity index (χ1v) is 14.2. The van der Waals surface area contributed by atoms with Crippen molar-refractivity contribution >= 4 is 49.8 Å². The number of fused-ring (bicyclic) bond motifs is 1. The summed E-state index contributed by atoms with van der Waals surface area (Å²) < 4.78 is 37.1. The van der Waals surface area contributed by atoms with Crippen LogP contribution in [0.5, 0.6) is 11.5 Å². The van der Waals surface area contributed by atoms with Crippen LogP contribution in [0, 0.1) is 0 Å². The number of anilines is 1. The number of aromatic amines is 1. The normalized spacial score (nSPS) is 16.5. The Morgan fingerprint density at radius 2 is 1.86 bits per heavy atom. The lowest BCUT2D eigenvalue weighted by Gasteiger charge is -2.40. The number of halogens is 2. The fourth-order valence-corrected chi connectivity index (χ4v) is 5.96. The van der Waals surface area contributed by atoms with Gasteiger partial charge in [-0.3, -0.25) is 10.1 Å². The molecular weight excluding hydrogens is 537 g/mol. The number of methoxy groups -OCH3 is 1. The number of hydrogen-bond donors (Lipinski definition) is 1. The second-order valence-electron chi connectivity index (χ2n) is 9.05. The van der Waals surface area contributed by atoms with Crippen molar-refractivity contribution in [2.24, 2.45) is 0 Å². The molecule has 9 nitrogen and oxygen atoms in total. The SMILES string of the molecule is COc1cc2[nH]nc(-c3cnc(N4CC[C@@H]4C)c(S(C)(=O)=O)c3)c2cc1O[C@H](C)c1c(Cl)cncc1Cl. The van der Waals surface area contributed by atoms with Gasteiger partial charge in [0.15, 0.2) is 21.3 Å². The monoisotopic (exact) mass is 561 g/mol. The molecule has 12 heteroatoms. The number of aromatic nitrogens is 4. The number of benzene rings is 1. The van der Waals surface area contributed by atoms with Crippen LogP contribution in [0.1, 0.15) is 31.9 Å². The standard InChI is InChI=1S/C25H25Cl2N5O4S/c1-13-5-6-32(13)25-22(37(4,33)34)7-15(10-29-25)24-16-8-21(20(35-3)9-19(16)30-31-24)36-14(2)23-17(26)11-28-12-18(23)27/h7-14H,5-6H2,1-4H3,(H,30,31)/t13-,14+/m0/s1. The molecule has 1 aromatic carbocycles. The van der Waals surface area contributed by atoms with Crippen LogP contribution in [-0.2, 0) is 9.84 Å². The van der Waals surface area contributed by atoms with E-state index in [1.54, 1.807) is 31.5 Å². The van der Waals surface area contributed by atoms with E-state index in [9.17, 15) is 8.42 Å². The van der Waals surface area contributed by atoms with Gasteiger partial charge in [0, 0.05) is 60.0 Å². The van der Waals surface area contributed by atoms with E-state index in [0.29, 0.717) is 55.1 Å². The number of H-pyrrole nitrogens is 1. The molecule has 4 aromatic rings. The van der Waals surface area contributed by atoms with E-state index >= 15 is 0 Å². The minimum absolute atomic E-state index is 0.174. The molecule has 194 valence electrons. The lowest BCUT2D eigenvalue weighted by atomic mass is 10.0. The van der Waals surface area contributed by atoms with Gasteiger partial charge in [0.25, 0.3) is 0 Å². The Kier molecular flexibility index (Phi) is 6.68. The molecule has 2 atom stereocenters. The number of rotatable bonds is 7. The Bertz CT molecular complexity index is 1590. The zero-order valence-electron chi connectivity index (χ0n) is 20.6. The zero-order chi connectivity index (χ0) is 26.5. The third-order valence-corrected chi connectivity index (χ3v) is 8.25. The number of nitrogens with one attached hydrogen (secondary N) is 1. The summed E-state index contributed by atoms with van der Waals surface area (Å²) in [6.07, 6.45) is 6.34. The number of hydrogen-bond acceptors (Lipinski definition) is 8. The molecule has 1 saturated heterocycles. The van der Waals surface area contributed by atoms with Gasteiger partial charge in [-0.15, -0.1) is 0 Å². The molecule has 37 heavy (non-hydrogen) atoms. The van der Waals surface area contributed by atoms with E-state index in [1.807, 2.05) is 11.8 Å². The predicted molar refractivity (Wildman–Crippen MR) is 144 cm³/mol. The first kappa shape index (κ1) is 25.6. The largest absolute Gasteiger partial charge is 0.493 e. The van der Waals surface area contributed by atoms with Crippen molar-refractivity contribution in [3.8, 4) is 22.8 Å². The summed E-state index contributed by atoms with van der Waals surface area (Å²) >= 11 is 12.6. The van der Waals surface area contributed by atoms with Crippen molar-refractivity contribution in [1.82, 2.24) is 20.2 Å². The minimum atomic E-state index is -3.54. The summed E-state index contributed by atoms with van der Waals surface area (Å²) in [6, 6.07) is 5.42. The van der Waals surface area contributed by atoms with Gasteiger partial charge in [-0.25, -0.2) is 13.4 Å². The van der Waals surface area contributed by atoms with Gasteiger partial charge in [0.05, 0.1) is 22.7 Å². The minimum Gasteiger partial charge on any atom is -0.493 e. The van der Waals surface area contributed by atoms with Crippen molar-refractivity contribution in [1.29, 1.82) is 0 Å². The number of sulfone groups is 1. The molecule has 3 aromatic heterocycles. The average molecular weight is 562 g/mol. The molecule has 0 saturated carbocycles. The first-order chi connectivity index (χ1) is 17.6. The van der Waals surface area contributed by atoms with Gasteiger partial charge in [-0.1, -0.05) is 23.2 Å². The van der Waals surface area contributed by atoms with E-state index in [2.05, 4.69) is 27.1 Å². The highest BCUT2D eigenvalue weighted by atomic mass is 35.5. The molecule has 0 unspecified atom stereocenters. The fraction of sp³-hybridized carbons (Fsp3) is 0.320. The van der Waals surface area contributed by atoms with E-state index < -0.39 is 15.9 Å². The molecule has 0 bridgehead atoms. The second kappa shape index (κ2) is 9.66. The van der Waals surface area contributed by atoms with E-state index in [4.69, 9.17) is 32.7 Å². The molecule has 1 fully saturated rings. The molecular formula is C25H25Cl2N5O4S. The van der Waals surface area contributed by atoms with Crippen molar-refractivity contribution in [3.05, 3.63) is 52.4 Å². The number of ether oxygens (including phenoxy) is 2. The van der Waals surface area contributed by atoms with Crippen LogP contribution in [0.25, 0.3) is 22.2 Å². The second-order valence-corrected chi connectivity index (χ2v) is 11.8. The van der Waals surface area contributed by atoms with Crippen molar-refractivity contribution in [2.75, 3.05) is 24.8 Å². The third-order valence-electron chi connectivity index (χ3n) is 6.55. The number of nitrogens with zero attached hydrogens (tertiary/aromatic N) is 4. The van der Waals surface area contributed by atoms with Crippen molar-refractivity contribution in [3.63, 3.8) is 0 Å². The van der Waals surface area contributed by atoms with E-state index in [0.717, 1.165) is 13.0 Å². The Balaban J connectivity index is 1.58. The van der Waals surface area contributed by atoms with Gasteiger partial charge in [0.2, 0.25) is 0 Å². The van der Waals surface area contributed by atoms with Gasteiger partial charge in [-0.2, -0.15) is 5.10 Å². The molecule has 0 aliphatic carbocycles. The third kappa shape index (κ3) is 4.69. The predicted octanol–water partition coefficient (Wildman–Crippen LogP) is 5.48. The molecule has 1 N–H and O–H groups in total. The maximum atomic E-state index is 12.7. The van der Waals surface area contributed by atoms with Crippen LogP contribution < -0.4 is 14.4 Å². The molecule has 5 rings (SSSR count). The Morgan fingerprint density at radius 3 is 2.46 bits per heavy atom. The maximum absolute atomic E-state index is 12.7. The quantitative estimate of drug-likeness (QED) is 0.316. The summed E-state index contributed by atoms with van der Waals surface area (Å²) in [7, 11) is -1.99. The fourth-order valence-electron chi connectivity index (χ4n) is 4.44. The first-order valence-electron chi connectivity index (χ1n) is 11.6. The summed E-state index contributed by atoms with van der Waals surface area (Å²) in [5.74, 6) is 1.39. The van der Waals surface area contributed by atoms with Crippen molar-refractivity contribution < 1.29 is 17.9 Å². The van der Waals surface area contributed by atoms with Crippen LogP contribution in [0.4, 0.5) is 5.82 Å². The van der Waals surface area contributed by atoms with Crippen LogP contribution in [0.2, 0.25) is 10.0 Å². The highest BCUT2D eigenvalue weighted by Crippen LogP contribution is 2.41. The summed E-state index contributed by atoms with van der Waals surface area (Å²) in [5, 5.41) is 8.94. The molecule has 4 heterocycles. The van der Waals surface area contributed by atoms with Gasteiger partial charge in [0.1, 0.15) is 22.5 Å².